The molecule has 0 aliphatic carbocycles. The van der Waals surface area contributed by atoms with Gasteiger partial charge in [0.05, 0.1) is 25.8 Å². The number of carbonyl (C=O) groups is 3. The third-order valence-electron chi connectivity index (χ3n) is 4.83. The van der Waals surface area contributed by atoms with E-state index in [-0.39, 0.29) is 5.91 Å². The minimum absolute atomic E-state index is 0.309. The van der Waals surface area contributed by atoms with Gasteiger partial charge in [0.25, 0.3) is 11.8 Å². The Balaban J connectivity index is 1.81. The number of hydrogen-bond donors (Lipinski definition) is 2. The van der Waals surface area contributed by atoms with E-state index in [9.17, 15) is 14.4 Å². The van der Waals surface area contributed by atoms with Crippen LogP contribution in [0.4, 0.5) is 9.80 Å². The van der Waals surface area contributed by atoms with Crippen LogP contribution in [0.5, 0.6) is 5.75 Å². The van der Waals surface area contributed by atoms with Gasteiger partial charge in [0.15, 0.2) is 0 Å². The van der Waals surface area contributed by atoms with Gasteiger partial charge in [0.1, 0.15) is 10.8 Å². The van der Waals surface area contributed by atoms with Gasteiger partial charge < -0.3 is 25.4 Å². The van der Waals surface area contributed by atoms with E-state index >= 15 is 0 Å². The van der Waals surface area contributed by atoms with Crippen LogP contribution in [0, 0.1) is 0 Å². The Morgan fingerprint density at radius 1 is 1.30 bits per heavy atom. The van der Waals surface area contributed by atoms with Gasteiger partial charge in [0, 0.05) is 17.0 Å². The van der Waals surface area contributed by atoms with E-state index < -0.39 is 12.0 Å². The van der Waals surface area contributed by atoms with Crippen molar-refractivity contribution in [2.24, 2.45) is 5.73 Å². The maximum absolute atomic E-state index is 12.8. The minimum atomic E-state index is -0.606. The highest BCUT2D eigenvalue weighted by Gasteiger charge is 2.30. The zero-order valence-corrected chi connectivity index (χ0v) is 17.8. The van der Waals surface area contributed by atoms with Gasteiger partial charge in [-0.15, -0.1) is 11.3 Å². The number of ether oxygens (including phenoxy) is 2. The number of amides is 3. The van der Waals surface area contributed by atoms with Crippen molar-refractivity contribution < 1.29 is 23.9 Å². The maximum atomic E-state index is 12.8. The van der Waals surface area contributed by atoms with Gasteiger partial charge in [0.2, 0.25) is 0 Å². The first kappa shape index (κ1) is 21.6. The van der Waals surface area contributed by atoms with Gasteiger partial charge in [-0.25, -0.2) is 4.79 Å². The zero-order valence-electron chi connectivity index (χ0n) is 17.0. The summed E-state index contributed by atoms with van der Waals surface area (Å²) >= 11 is 1.25. The quantitative estimate of drug-likeness (QED) is 0.653. The normalized spacial score (nSPS) is 12.8. The summed E-state index contributed by atoms with van der Waals surface area (Å²) in [6.07, 6.45) is 1.99. The molecule has 2 heterocycles. The Kier molecular flexibility index (Phi) is 6.94. The first-order valence-corrected chi connectivity index (χ1v) is 10.6. The first-order valence-electron chi connectivity index (χ1n) is 9.76. The second-order valence-corrected chi connectivity index (χ2v) is 8.00. The van der Waals surface area contributed by atoms with E-state index in [1.807, 2.05) is 0 Å². The zero-order chi connectivity index (χ0) is 21.7. The van der Waals surface area contributed by atoms with Gasteiger partial charge in [-0.05, 0) is 36.6 Å². The molecule has 9 heteroatoms. The lowest BCUT2D eigenvalue weighted by Gasteiger charge is -2.25. The van der Waals surface area contributed by atoms with E-state index in [2.05, 4.69) is 12.2 Å². The predicted octanol–water partition coefficient (Wildman–Crippen LogP) is 3.40. The van der Waals surface area contributed by atoms with Crippen molar-refractivity contribution in [1.29, 1.82) is 0 Å². The summed E-state index contributed by atoms with van der Waals surface area (Å²) in [5.41, 5.74) is 7.11. The second kappa shape index (κ2) is 9.62. The Morgan fingerprint density at radius 2 is 2.10 bits per heavy atom. The Bertz CT molecular complexity index is 956. The van der Waals surface area contributed by atoms with Crippen molar-refractivity contribution >= 4 is 34.2 Å². The summed E-state index contributed by atoms with van der Waals surface area (Å²) in [4.78, 5) is 39.1. The molecule has 1 aliphatic heterocycles. The van der Waals surface area contributed by atoms with Crippen LogP contribution in [0.15, 0.2) is 24.3 Å². The summed E-state index contributed by atoms with van der Waals surface area (Å²) in [5.74, 6) is -0.349. The summed E-state index contributed by atoms with van der Waals surface area (Å²) in [6, 6.07) is 6.89. The van der Waals surface area contributed by atoms with Crippen molar-refractivity contribution in [2.75, 3.05) is 25.6 Å². The molecule has 8 nitrogen and oxygen atoms in total. The molecule has 2 aromatic rings. The van der Waals surface area contributed by atoms with Crippen LogP contribution < -0.4 is 15.8 Å². The lowest BCUT2D eigenvalue weighted by molar-refractivity contribution is 0.0999. The Morgan fingerprint density at radius 3 is 2.80 bits per heavy atom. The van der Waals surface area contributed by atoms with Crippen LogP contribution in [-0.4, -0.2) is 43.1 Å². The third-order valence-corrected chi connectivity index (χ3v) is 5.96. The van der Waals surface area contributed by atoms with E-state index in [4.69, 9.17) is 15.2 Å². The molecule has 3 N–H and O–H groups in total. The molecule has 0 atom stereocenters. The third kappa shape index (κ3) is 4.73. The molecule has 0 spiro atoms. The second-order valence-electron chi connectivity index (χ2n) is 6.90. The van der Waals surface area contributed by atoms with Gasteiger partial charge in [-0.2, -0.15) is 0 Å². The molecule has 0 unspecified atom stereocenters. The summed E-state index contributed by atoms with van der Waals surface area (Å²) in [5, 5.41) is 3.20. The smallest absolute Gasteiger partial charge is 0.409 e. The SMILES string of the molecule is CCCCOc1cccc(C(=O)Nc2sc3c(c2C(N)=O)CCN(C(=O)OC)C3)c1. The molecule has 0 fully saturated rings. The lowest BCUT2D eigenvalue weighted by atomic mass is 10.0. The fourth-order valence-corrected chi connectivity index (χ4v) is 4.54. The number of anilines is 1. The van der Waals surface area contributed by atoms with Crippen LogP contribution in [0.1, 0.15) is 50.9 Å². The van der Waals surface area contributed by atoms with E-state index in [0.717, 1.165) is 23.3 Å². The summed E-state index contributed by atoms with van der Waals surface area (Å²) in [7, 11) is 1.33. The number of thiophene rings is 1. The fraction of sp³-hybridized carbons (Fsp3) is 0.381. The maximum Gasteiger partial charge on any atom is 0.409 e. The van der Waals surface area contributed by atoms with E-state index in [1.54, 1.807) is 29.2 Å². The Hall–Kier alpha value is -3.07. The number of fused-ring (bicyclic) bond motifs is 1. The molecule has 0 saturated carbocycles. The lowest BCUT2D eigenvalue weighted by Crippen LogP contribution is -2.35. The predicted molar refractivity (Wildman–Crippen MR) is 114 cm³/mol. The number of nitrogens with one attached hydrogen (secondary N) is 1. The van der Waals surface area contributed by atoms with Gasteiger partial charge in [-0.3, -0.25) is 9.59 Å². The van der Waals surface area contributed by atoms with E-state index in [0.29, 0.717) is 48.0 Å². The van der Waals surface area contributed by atoms with Gasteiger partial charge >= 0.3 is 6.09 Å². The summed E-state index contributed by atoms with van der Waals surface area (Å²) in [6.45, 7) is 3.39. The fourth-order valence-electron chi connectivity index (χ4n) is 3.27. The molecule has 30 heavy (non-hydrogen) atoms. The average Bonchev–Trinajstić information content (AvgIpc) is 3.10. The van der Waals surface area contributed by atoms with Crippen LogP contribution in [0.3, 0.4) is 0 Å². The highest BCUT2D eigenvalue weighted by molar-refractivity contribution is 7.17. The van der Waals surface area contributed by atoms with Crippen molar-refractivity contribution in [2.45, 2.75) is 32.7 Å². The molecule has 1 aromatic carbocycles. The van der Waals surface area contributed by atoms with Crippen molar-refractivity contribution in [3.63, 3.8) is 0 Å². The van der Waals surface area contributed by atoms with Crippen LogP contribution in [0.25, 0.3) is 0 Å². The largest absolute Gasteiger partial charge is 0.494 e. The molecule has 0 radical (unpaired) electrons. The monoisotopic (exact) mass is 431 g/mol. The summed E-state index contributed by atoms with van der Waals surface area (Å²) < 4.78 is 10.4. The van der Waals surface area contributed by atoms with Crippen LogP contribution in [-0.2, 0) is 17.7 Å². The standard InChI is InChI=1S/C21H25N3O5S/c1-3-4-10-29-14-7-5-6-13(11-14)19(26)23-20-17(18(22)25)15-8-9-24(21(27)28-2)12-16(15)30-20/h5-7,11H,3-4,8-10,12H2,1-2H3,(H2,22,25)(H,23,26). The number of methoxy groups -OCH3 is 1. The highest BCUT2D eigenvalue weighted by atomic mass is 32.1. The molecule has 3 amide bonds. The number of nitrogens with zero attached hydrogens (tertiary/aromatic N) is 1. The number of carbonyl (C=O) groups excluding carboxylic acids is 3. The number of nitrogens with two attached hydrogens (primary N) is 1. The number of primary amides is 1. The van der Waals surface area contributed by atoms with E-state index in [1.165, 1.54) is 18.4 Å². The van der Waals surface area contributed by atoms with Crippen LogP contribution >= 0.6 is 11.3 Å². The van der Waals surface area contributed by atoms with Crippen LogP contribution in [0.2, 0.25) is 0 Å². The Labute approximate surface area is 178 Å². The van der Waals surface area contributed by atoms with Crippen molar-refractivity contribution in [1.82, 2.24) is 4.90 Å². The number of rotatable bonds is 7. The first-order chi connectivity index (χ1) is 14.4. The van der Waals surface area contributed by atoms with Crippen molar-refractivity contribution in [3.8, 4) is 5.75 Å². The van der Waals surface area contributed by atoms with Gasteiger partial charge in [-0.1, -0.05) is 19.4 Å². The molecule has 1 aromatic heterocycles. The highest BCUT2D eigenvalue weighted by Crippen LogP contribution is 2.37. The molecule has 0 saturated heterocycles. The molecule has 160 valence electrons. The van der Waals surface area contributed by atoms with Crippen molar-refractivity contribution in [3.05, 3.63) is 45.8 Å². The molecule has 3 rings (SSSR count). The minimum Gasteiger partial charge on any atom is -0.494 e. The number of unbranched alkanes of at least 4 members (excludes halogenated alkanes) is 1. The molecular weight excluding hydrogens is 406 g/mol. The number of benzene rings is 1. The number of hydrogen-bond acceptors (Lipinski definition) is 6. The average molecular weight is 432 g/mol. The molecule has 0 bridgehead atoms. The molecular formula is C21H25N3O5S. The topological polar surface area (TPSA) is 111 Å². The molecule has 1 aliphatic rings.